The zero-order valence-corrected chi connectivity index (χ0v) is 16.2. The molecule has 0 aliphatic carbocycles. The third-order valence-electron chi connectivity index (χ3n) is 4.32. The lowest BCUT2D eigenvalue weighted by atomic mass is 10.2. The van der Waals surface area contributed by atoms with E-state index in [-0.39, 0.29) is 16.1 Å². The number of hydrogen-bond donors (Lipinski definition) is 0. The van der Waals surface area contributed by atoms with E-state index in [9.17, 15) is 4.79 Å². The number of morpholine rings is 1. The summed E-state index contributed by atoms with van der Waals surface area (Å²) in [7, 11) is 0. The fourth-order valence-electron chi connectivity index (χ4n) is 3.00. The maximum absolute atomic E-state index is 12.3. The van der Waals surface area contributed by atoms with Gasteiger partial charge in [-0.1, -0.05) is 34.8 Å². The number of aromatic nitrogens is 2. The van der Waals surface area contributed by atoms with E-state index in [0.717, 1.165) is 16.1 Å². The summed E-state index contributed by atoms with van der Waals surface area (Å²) >= 11 is 18.2. The molecular formula is C18H14Cl3N3O3. The molecule has 1 aliphatic rings. The average Bonchev–Trinajstić information content (AvgIpc) is 3.21. The summed E-state index contributed by atoms with van der Waals surface area (Å²) in [5.74, 6) is 0.777. The van der Waals surface area contributed by atoms with Crippen LogP contribution in [0.1, 0.15) is 11.9 Å². The Morgan fingerprint density at radius 3 is 2.74 bits per heavy atom. The number of nitrogens with zero attached hydrogens (tertiary/aromatic N) is 3. The van der Waals surface area contributed by atoms with Gasteiger partial charge in [-0.3, -0.25) is 4.79 Å². The van der Waals surface area contributed by atoms with E-state index in [1.807, 2.05) is 18.2 Å². The molecule has 3 aromatic rings. The van der Waals surface area contributed by atoms with Gasteiger partial charge in [0.15, 0.2) is 0 Å². The lowest BCUT2D eigenvalue weighted by Crippen LogP contribution is -2.38. The molecule has 1 unspecified atom stereocenters. The van der Waals surface area contributed by atoms with E-state index in [1.165, 1.54) is 6.20 Å². The van der Waals surface area contributed by atoms with E-state index in [2.05, 4.69) is 10.00 Å². The van der Waals surface area contributed by atoms with Crippen LogP contribution < -0.4 is 10.5 Å². The minimum Gasteiger partial charge on any atom is -0.467 e. The first kappa shape index (κ1) is 18.4. The highest BCUT2D eigenvalue weighted by molar-refractivity contribution is 6.41. The van der Waals surface area contributed by atoms with Gasteiger partial charge in [0.05, 0.1) is 47.0 Å². The number of furan rings is 1. The minimum atomic E-state index is -0.503. The molecule has 1 saturated heterocycles. The van der Waals surface area contributed by atoms with Gasteiger partial charge in [-0.2, -0.15) is 9.78 Å². The maximum atomic E-state index is 12.3. The van der Waals surface area contributed by atoms with Crippen molar-refractivity contribution in [1.29, 1.82) is 0 Å². The number of ether oxygens (including phenoxy) is 1. The van der Waals surface area contributed by atoms with Crippen molar-refractivity contribution in [3.05, 3.63) is 74.0 Å². The molecule has 6 nitrogen and oxygen atoms in total. The molecule has 0 bridgehead atoms. The Labute approximate surface area is 169 Å². The largest absolute Gasteiger partial charge is 0.467 e. The van der Waals surface area contributed by atoms with Gasteiger partial charge in [0.1, 0.15) is 16.9 Å². The molecule has 0 amide bonds. The molecule has 9 heteroatoms. The summed E-state index contributed by atoms with van der Waals surface area (Å²) < 4.78 is 12.4. The second-order valence-corrected chi connectivity index (χ2v) is 7.17. The van der Waals surface area contributed by atoms with Crippen molar-refractivity contribution in [3.8, 4) is 5.69 Å². The second kappa shape index (κ2) is 7.56. The van der Waals surface area contributed by atoms with Crippen LogP contribution in [0.4, 0.5) is 5.69 Å². The summed E-state index contributed by atoms with van der Waals surface area (Å²) in [6.45, 7) is 1.86. The predicted octanol–water partition coefficient (Wildman–Crippen LogP) is 4.36. The number of benzene rings is 1. The Morgan fingerprint density at radius 2 is 2.00 bits per heavy atom. The lowest BCUT2D eigenvalue weighted by molar-refractivity contribution is 0.0257. The van der Waals surface area contributed by atoms with Gasteiger partial charge < -0.3 is 14.1 Å². The third kappa shape index (κ3) is 3.58. The average molecular weight is 427 g/mol. The summed E-state index contributed by atoms with van der Waals surface area (Å²) in [6, 6.07) is 9.01. The summed E-state index contributed by atoms with van der Waals surface area (Å²) in [4.78, 5) is 14.4. The van der Waals surface area contributed by atoms with Crippen LogP contribution in [0, 0.1) is 0 Å². The van der Waals surface area contributed by atoms with Gasteiger partial charge in [-0.15, -0.1) is 0 Å². The lowest BCUT2D eigenvalue weighted by Gasteiger charge is -2.34. The van der Waals surface area contributed by atoms with Crippen molar-refractivity contribution in [2.45, 2.75) is 6.10 Å². The Balaban J connectivity index is 1.62. The zero-order valence-electron chi connectivity index (χ0n) is 13.9. The molecule has 1 aliphatic heterocycles. The van der Waals surface area contributed by atoms with Crippen molar-refractivity contribution in [1.82, 2.24) is 9.78 Å². The number of hydrogen-bond acceptors (Lipinski definition) is 5. The molecule has 27 heavy (non-hydrogen) atoms. The van der Waals surface area contributed by atoms with Crippen LogP contribution in [-0.4, -0.2) is 29.5 Å². The molecule has 1 fully saturated rings. The van der Waals surface area contributed by atoms with Gasteiger partial charge in [-0.25, -0.2) is 0 Å². The summed E-state index contributed by atoms with van der Waals surface area (Å²) in [5.41, 5.74) is 0.841. The molecule has 1 atom stereocenters. The van der Waals surface area contributed by atoms with Gasteiger partial charge in [0, 0.05) is 6.54 Å². The van der Waals surface area contributed by atoms with Gasteiger partial charge >= 0.3 is 0 Å². The van der Waals surface area contributed by atoms with Crippen LogP contribution in [0.15, 0.2) is 52.0 Å². The predicted molar refractivity (Wildman–Crippen MR) is 104 cm³/mol. The van der Waals surface area contributed by atoms with E-state index in [0.29, 0.717) is 30.4 Å². The maximum Gasteiger partial charge on any atom is 0.291 e. The normalized spacial score (nSPS) is 17.3. The van der Waals surface area contributed by atoms with Crippen LogP contribution in [0.5, 0.6) is 0 Å². The van der Waals surface area contributed by atoms with Crippen molar-refractivity contribution in [3.63, 3.8) is 0 Å². The van der Waals surface area contributed by atoms with E-state index >= 15 is 0 Å². The Hall–Kier alpha value is -1.99. The Bertz CT molecular complexity index is 1020. The van der Waals surface area contributed by atoms with E-state index < -0.39 is 5.56 Å². The van der Waals surface area contributed by atoms with Crippen molar-refractivity contribution < 1.29 is 9.15 Å². The second-order valence-electron chi connectivity index (χ2n) is 5.98. The molecule has 3 heterocycles. The smallest absolute Gasteiger partial charge is 0.291 e. The fraction of sp³-hybridized carbons (Fsp3) is 0.222. The van der Waals surface area contributed by atoms with Crippen LogP contribution in [0.2, 0.25) is 15.1 Å². The third-order valence-corrected chi connectivity index (χ3v) is 5.37. The molecule has 0 N–H and O–H groups in total. The van der Waals surface area contributed by atoms with Crippen molar-refractivity contribution >= 4 is 40.5 Å². The zero-order chi connectivity index (χ0) is 19.0. The first-order valence-electron chi connectivity index (χ1n) is 8.18. The highest BCUT2D eigenvalue weighted by Crippen LogP contribution is 2.32. The van der Waals surface area contributed by atoms with Crippen LogP contribution >= 0.6 is 34.8 Å². The SMILES string of the molecule is O=c1c(Cl)c(Cl)cnn1-c1ccc(N2CCOC(c3ccco3)C2)c(Cl)c1. The van der Waals surface area contributed by atoms with Gasteiger partial charge in [0.2, 0.25) is 0 Å². The standard InChI is InChI=1S/C18H14Cl3N3O3/c19-12-8-11(24-18(25)17(21)13(20)9-22-24)3-4-14(12)23-5-7-27-16(10-23)15-2-1-6-26-15/h1-4,6,8-9,16H,5,7,10H2. The summed E-state index contributed by atoms with van der Waals surface area (Å²) in [6.07, 6.45) is 2.79. The number of halogens is 3. The van der Waals surface area contributed by atoms with Crippen LogP contribution in [-0.2, 0) is 4.74 Å². The first-order valence-corrected chi connectivity index (χ1v) is 9.31. The van der Waals surface area contributed by atoms with Crippen molar-refractivity contribution in [2.75, 3.05) is 24.6 Å². The topological polar surface area (TPSA) is 60.5 Å². The molecule has 2 aromatic heterocycles. The molecule has 0 saturated carbocycles. The Morgan fingerprint density at radius 1 is 1.15 bits per heavy atom. The van der Waals surface area contributed by atoms with E-state index in [4.69, 9.17) is 44.0 Å². The quantitative estimate of drug-likeness (QED) is 0.622. The highest BCUT2D eigenvalue weighted by Gasteiger charge is 2.25. The minimum absolute atomic E-state index is 0.0821. The van der Waals surface area contributed by atoms with Crippen molar-refractivity contribution in [2.24, 2.45) is 0 Å². The first-order chi connectivity index (χ1) is 13.0. The molecule has 1 aromatic carbocycles. The van der Waals surface area contributed by atoms with Gasteiger partial charge in [-0.05, 0) is 30.3 Å². The molecule has 140 valence electrons. The van der Waals surface area contributed by atoms with Crippen LogP contribution in [0.3, 0.4) is 0 Å². The Kier molecular flexibility index (Phi) is 5.14. The fourth-order valence-corrected chi connectivity index (χ4v) is 3.54. The highest BCUT2D eigenvalue weighted by atomic mass is 35.5. The van der Waals surface area contributed by atoms with Crippen LogP contribution in [0.25, 0.3) is 5.69 Å². The number of anilines is 1. The molecule has 0 spiro atoms. The molecule has 4 rings (SSSR count). The molecular weight excluding hydrogens is 413 g/mol. The van der Waals surface area contributed by atoms with Gasteiger partial charge in [0.25, 0.3) is 5.56 Å². The monoisotopic (exact) mass is 425 g/mol. The van der Waals surface area contributed by atoms with E-state index in [1.54, 1.807) is 18.4 Å². The number of rotatable bonds is 3. The molecule has 0 radical (unpaired) electrons. The summed E-state index contributed by atoms with van der Waals surface area (Å²) in [5, 5.41) is 4.54.